The summed E-state index contributed by atoms with van der Waals surface area (Å²) < 4.78 is 0. The number of carbonyl (C=O) groups excluding carboxylic acids is 3. The molecule has 1 aromatic rings. The fourth-order valence-corrected chi connectivity index (χ4v) is 4.48. The Hall–Kier alpha value is -2.12. The Labute approximate surface area is 208 Å². The van der Waals surface area contributed by atoms with Crippen LogP contribution in [0, 0.1) is 24.2 Å². The molecule has 1 aliphatic rings. The lowest BCUT2D eigenvalue weighted by Gasteiger charge is -2.32. The van der Waals surface area contributed by atoms with Crippen molar-refractivity contribution >= 4 is 34.9 Å². The fraction of sp³-hybridized carbons (Fsp3) is 0.630. The predicted octanol–water partition coefficient (Wildman–Crippen LogP) is 5.30. The molecule has 1 aromatic heterocycles. The molecular formula is C27H42N2O4S. The number of ketones is 2. The Morgan fingerprint density at radius 2 is 1.82 bits per heavy atom. The number of aryl methyl sites for hydroxylation is 1. The van der Waals surface area contributed by atoms with E-state index in [1.807, 2.05) is 45.9 Å². The quantitative estimate of drug-likeness (QED) is 0.521. The van der Waals surface area contributed by atoms with Gasteiger partial charge < -0.3 is 10.4 Å². The van der Waals surface area contributed by atoms with Crippen molar-refractivity contribution in [3.63, 3.8) is 0 Å². The predicted molar refractivity (Wildman–Crippen MR) is 140 cm³/mol. The van der Waals surface area contributed by atoms with E-state index in [-0.39, 0.29) is 35.7 Å². The van der Waals surface area contributed by atoms with Crippen LogP contribution in [-0.2, 0) is 14.4 Å². The maximum atomic E-state index is 12.8. The van der Waals surface area contributed by atoms with E-state index in [2.05, 4.69) is 15.7 Å². The zero-order valence-electron chi connectivity index (χ0n) is 21.8. The van der Waals surface area contributed by atoms with E-state index >= 15 is 0 Å². The van der Waals surface area contributed by atoms with Gasteiger partial charge in [-0.2, -0.15) is 0 Å². The molecule has 1 aliphatic heterocycles. The molecule has 6 nitrogen and oxygen atoms in total. The van der Waals surface area contributed by atoms with Crippen LogP contribution in [0.2, 0.25) is 0 Å². The number of thiazole rings is 1. The van der Waals surface area contributed by atoms with Crippen LogP contribution in [0.1, 0.15) is 84.3 Å². The lowest BCUT2D eigenvalue weighted by molar-refractivity contribution is -0.139. The van der Waals surface area contributed by atoms with Gasteiger partial charge in [0, 0.05) is 30.2 Å². The fourth-order valence-electron chi connectivity index (χ4n) is 3.90. The van der Waals surface area contributed by atoms with Crippen molar-refractivity contribution in [1.82, 2.24) is 10.3 Å². The Bertz CT molecular complexity index is 885. The first kappa shape index (κ1) is 29.9. The van der Waals surface area contributed by atoms with Crippen LogP contribution in [0.5, 0.6) is 0 Å². The standard InChI is InChI=1S/C20H33NO4.C7H9NS/c1-13-7-6-10-21-18(24)12-17(23)20(4,5)19(25)15(3)11-14(2)16(22)9-8-13;1-3-4-7-5-9-6(2)8-7/h7,14-15,17,23H,6,8-12H2,1-5H3,(H,21,24);3-5H,1-2H3/b13-7-;4-3-/t14?,15?,17-;/m0./s1. The van der Waals surface area contributed by atoms with Crippen LogP contribution in [0.25, 0.3) is 6.08 Å². The van der Waals surface area contributed by atoms with Gasteiger partial charge in [0.25, 0.3) is 0 Å². The second-order valence-corrected chi connectivity index (χ2v) is 10.9. The molecule has 7 heteroatoms. The number of allylic oxidation sites excluding steroid dienone is 2. The third-order valence-electron chi connectivity index (χ3n) is 6.25. The van der Waals surface area contributed by atoms with Gasteiger partial charge in [0.15, 0.2) is 0 Å². The summed E-state index contributed by atoms with van der Waals surface area (Å²) in [5, 5.41) is 16.4. The minimum Gasteiger partial charge on any atom is -0.392 e. The first-order valence-electron chi connectivity index (χ1n) is 12.1. The van der Waals surface area contributed by atoms with E-state index in [0.29, 0.717) is 32.2 Å². The lowest BCUT2D eigenvalue weighted by atomic mass is 9.74. The number of amides is 1. The Morgan fingerprint density at radius 3 is 2.41 bits per heavy atom. The maximum absolute atomic E-state index is 12.8. The molecule has 0 saturated heterocycles. The number of carbonyl (C=O) groups is 3. The molecular weight excluding hydrogens is 448 g/mol. The smallest absolute Gasteiger partial charge is 0.222 e. The molecule has 0 aliphatic carbocycles. The second kappa shape index (κ2) is 14.3. The van der Waals surface area contributed by atoms with Crippen molar-refractivity contribution in [2.75, 3.05) is 6.54 Å². The summed E-state index contributed by atoms with van der Waals surface area (Å²) in [5.41, 5.74) is 1.18. The van der Waals surface area contributed by atoms with Gasteiger partial charge >= 0.3 is 0 Å². The van der Waals surface area contributed by atoms with Crippen molar-refractivity contribution in [3.8, 4) is 0 Å². The molecule has 0 saturated carbocycles. The molecule has 1 amide bonds. The molecule has 3 atom stereocenters. The van der Waals surface area contributed by atoms with Gasteiger partial charge in [-0.25, -0.2) is 4.98 Å². The van der Waals surface area contributed by atoms with E-state index in [0.717, 1.165) is 16.3 Å². The summed E-state index contributed by atoms with van der Waals surface area (Å²) in [5.74, 6) is -0.698. The first-order chi connectivity index (χ1) is 15.9. The molecule has 2 heterocycles. The monoisotopic (exact) mass is 490 g/mol. The molecule has 2 N–H and O–H groups in total. The molecule has 0 aromatic carbocycles. The van der Waals surface area contributed by atoms with Crippen LogP contribution in [0.15, 0.2) is 23.1 Å². The summed E-state index contributed by atoms with van der Waals surface area (Å²) in [6.45, 7) is 13.5. The van der Waals surface area contributed by atoms with Gasteiger partial charge in [0.05, 0.1) is 28.6 Å². The maximum Gasteiger partial charge on any atom is 0.222 e. The van der Waals surface area contributed by atoms with Crippen molar-refractivity contribution in [3.05, 3.63) is 33.8 Å². The Balaban J connectivity index is 0.000000533. The average Bonchev–Trinajstić information content (AvgIpc) is 3.19. The van der Waals surface area contributed by atoms with Gasteiger partial charge in [0.1, 0.15) is 11.6 Å². The molecule has 190 valence electrons. The second-order valence-electron chi connectivity index (χ2n) is 9.79. The topological polar surface area (TPSA) is 96.4 Å². The summed E-state index contributed by atoms with van der Waals surface area (Å²) in [4.78, 5) is 41.3. The van der Waals surface area contributed by atoms with E-state index in [9.17, 15) is 19.5 Å². The summed E-state index contributed by atoms with van der Waals surface area (Å²) in [7, 11) is 0. The van der Waals surface area contributed by atoms with Crippen LogP contribution >= 0.6 is 11.3 Å². The largest absolute Gasteiger partial charge is 0.392 e. The van der Waals surface area contributed by atoms with Gasteiger partial charge in [-0.3, -0.25) is 14.4 Å². The Morgan fingerprint density at radius 1 is 1.15 bits per heavy atom. The van der Waals surface area contributed by atoms with Crippen LogP contribution in [0.4, 0.5) is 0 Å². The first-order valence-corrected chi connectivity index (χ1v) is 13.0. The highest BCUT2D eigenvalue weighted by Crippen LogP contribution is 2.31. The molecule has 0 radical (unpaired) electrons. The zero-order valence-corrected chi connectivity index (χ0v) is 22.6. The minimum atomic E-state index is -1.04. The van der Waals surface area contributed by atoms with Crippen molar-refractivity contribution in [1.29, 1.82) is 0 Å². The zero-order chi connectivity index (χ0) is 25.9. The molecule has 34 heavy (non-hydrogen) atoms. The van der Waals surface area contributed by atoms with Gasteiger partial charge in [-0.1, -0.05) is 45.4 Å². The van der Waals surface area contributed by atoms with Gasteiger partial charge in [-0.15, -0.1) is 11.3 Å². The van der Waals surface area contributed by atoms with Crippen LogP contribution in [0.3, 0.4) is 0 Å². The highest BCUT2D eigenvalue weighted by atomic mass is 32.1. The normalized spacial score (nSPS) is 26.9. The number of aliphatic hydroxyl groups excluding tert-OH is 1. The number of Topliss-reactive ketones (excluding diaryl/α,β-unsaturated/α-hetero) is 2. The van der Waals surface area contributed by atoms with E-state index in [1.165, 1.54) is 0 Å². The van der Waals surface area contributed by atoms with E-state index in [1.54, 1.807) is 32.1 Å². The number of hydrogen-bond donors (Lipinski definition) is 2. The summed E-state index contributed by atoms with van der Waals surface area (Å²) in [6.07, 6.45) is 7.25. The number of rotatable bonds is 1. The summed E-state index contributed by atoms with van der Waals surface area (Å²) >= 11 is 1.68. The summed E-state index contributed by atoms with van der Waals surface area (Å²) in [6, 6.07) is 0. The van der Waals surface area contributed by atoms with Crippen LogP contribution in [-0.4, -0.2) is 40.2 Å². The van der Waals surface area contributed by atoms with E-state index in [4.69, 9.17) is 0 Å². The molecule has 0 spiro atoms. The third-order valence-corrected chi connectivity index (χ3v) is 7.04. The molecule has 0 fully saturated rings. The van der Waals surface area contributed by atoms with Crippen molar-refractivity contribution in [2.45, 2.75) is 86.7 Å². The SMILES string of the molecule is C/C1=C/CCNC(=O)C[C@H](O)C(C)(C)C(=O)C(C)CC(C)C(=O)CC1.C/C=C\c1csc(C)n1. The van der Waals surface area contributed by atoms with Crippen LogP contribution < -0.4 is 5.32 Å². The van der Waals surface area contributed by atoms with E-state index < -0.39 is 11.5 Å². The molecule has 2 unspecified atom stereocenters. The molecule has 2 rings (SSSR count). The highest BCUT2D eigenvalue weighted by molar-refractivity contribution is 7.09. The number of aromatic nitrogens is 1. The molecule has 0 bridgehead atoms. The Kier molecular flexibility index (Phi) is 12.6. The third kappa shape index (κ3) is 10.0. The van der Waals surface area contributed by atoms with Crippen molar-refractivity contribution < 1.29 is 19.5 Å². The highest BCUT2D eigenvalue weighted by Gasteiger charge is 2.39. The van der Waals surface area contributed by atoms with Gasteiger partial charge in [-0.05, 0) is 46.1 Å². The number of nitrogens with zero attached hydrogens (tertiary/aromatic N) is 1. The number of aliphatic hydroxyl groups is 1. The average molecular weight is 491 g/mol. The minimum absolute atomic E-state index is 0.0946. The van der Waals surface area contributed by atoms with Crippen molar-refractivity contribution in [2.24, 2.45) is 17.3 Å². The van der Waals surface area contributed by atoms with Gasteiger partial charge in [0.2, 0.25) is 5.91 Å². The lowest BCUT2D eigenvalue weighted by Crippen LogP contribution is -2.43. The number of nitrogens with one attached hydrogen (secondary N) is 1. The number of hydrogen-bond acceptors (Lipinski definition) is 6.